The third kappa shape index (κ3) is 1.83. The molecule has 0 atom stereocenters. The molecule has 2 aromatic rings. The van der Waals surface area contributed by atoms with Crippen molar-refractivity contribution in [1.82, 2.24) is 4.57 Å². The minimum absolute atomic E-state index is 0.694. The van der Waals surface area contributed by atoms with Gasteiger partial charge in [-0.3, -0.25) is 0 Å². The molecule has 1 aromatic heterocycles. The first kappa shape index (κ1) is 9.52. The van der Waals surface area contributed by atoms with Crippen LogP contribution in [0.4, 0.5) is 5.69 Å². The zero-order chi connectivity index (χ0) is 10.8. The Morgan fingerprint density at radius 1 is 1.06 bits per heavy atom. The van der Waals surface area contributed by atoms with Crippen molar-refractivity contribution in [3.8, 4) is 5.69 Å². The molecule has 3 rings (SSSR count). The fourth-order valence-electron chi connectivity index (χ4n) is 2.05. The Hall–Kier alpha value is -1.70. The Morgan fingerprint density at radius 3 is 2.56 bits per heavy atom. The van der Waals surface area contributed by atoms with E-state index in [0.29, 0.717) is 6.04 Å². The van der Waals surface area contributed by atoms with Crippen LogP contribution in [0.3, 0.4) is 0 Å². The fourth-order valence-corrected chi connectivity index (χ4v) is 2.05. The van der Waals surface area contributed by atoms with Gasteiger partial charge in [0.05, 0.1) is 0 Å². The summed E-state index contributed by atoms with van der Waals surface area (Å²) in [5, 5.41) is 3.57. The lowest BCUT2D eigenvalue weighted by molar-refractivity contribution is 0.445. The lowest BCUT2D eigenvalue weighted by atomic mass is 9.93. The van der Waals surface area contributed by atoms with Gasteiger partial charge in [0.15, 0.2) is 0 Å². The Balaban J connectivity index is 1.82. The molecule has 0 unspecified atom stereocenters. The molecule has 0 spiro atoms. The monoisotopic (exact) mass is 212 g/mol. The van der Waals surface area contributed by atoms with Gasteiger partial charge in [0.25, 0.3) is 0 Å². The lowest BCUT2D eigenvalue weighted by Gasteiger charge is -2.27. The summed E-state index contributed by atoms with van der Waals surface area (Å²) < 4.78 is 2.13. The SMILES string of the molecule is c1cc(NC2CCC2)cc(-n2cccc2)c1. The van der Waals surface area contributed by atoms with E-state index in [1.54, 1.807) is 0 Å². The molecule has 0 amide bonds. The molecule has 0 radical (unpaired) electrons. The summed E-state index contributed by atoms with van der Waals surface area (Å²) in [5.74, 6) is 0. The van der Waals surface area contributed by atoms with Gasteiger partial charge in [-0.25, -0.2) is 0 Å². The van der Waals surface area contributed by atoms with Crippen LogP contribution in [0.15, 0.2) is 48.8 Å². The standard InChI is InChI=1S/C14H16N2/c1-2-10-16(9-1)14-8-4-7-13(11-14)15-12-5-3-6-12/h1-2,4,7-12,15H,3,5-6H2. The van der Waals surface area contributed by atoms with Crippen LogP contribution in [0.2, 0.25) is 0 Å². The molecule has 1 fully saturated rings. The summed E-state index contributed by atoms with van der Waals surface area (Å²) in [4.78, 5) is 0. The van der Waals surface area contributed by atoms with Crippen LogP contribution >= 0.6 is 0 Å². The lowest BCUT2D eigenvalue weighted by Crippen LogP contribution is -2.26. The topological polar surface area (TPSA) is 17.0 Å². The van der Waals surface area contributed by atoms with E-state index in [-0.39, 0.29) is 0 Å². The van der Waals surface area contributed by atoms with Crippen LogP contribution < -0.4 is 5.32 Å². The van der Waals surface area contributed by atoms with E-state index in [1.807, 2.05) is 12.1 Å². The zero-order valence-electron chi connectivity index (χ0n) is 9.26. The van der Waals surface area contributed by atoms with Crippen molar-refractivity contribution in [3.05, 3.63) is 48.8 Å². The fraction of sp³-hybridized carbons (Fsp3) is 0.286. The van der Waals surface area contributed by atoms with Gasteiger partial charge >= 0.3 is 0 Å². The first-order valence-corrected chi connectivity index (χ1v) is 5.92. The van der Waals surface area contributed by atoms with Crippen LogP contribution in [0.25, 0.3) is 5.69 Å². The van der Waals surface area contributed by atoms with Gasteiger partial charge in [-0.05, 0) is 49.6 Å². The molecule has 0 saturated heterocycles. The highest BCUT2D eigenvalue weighted by Gasteiger charge is 2.16. The van der Waals surface area contributed by atoms with Gasteiger partial charge in [0.1, 0.15) is 0 Å². The number of hydrogen-bond donors (Lipinski definition) is 1. The van der Waals surface area contributed by atoms with E-state index in [2.05, 4.69) is 46.5 Å². The maximum atomic E-state index is 3.57. The summed E-state index contributed by atoms with van der Waals surface area (Å²) >= 11 is 0. The van der Waals surface area contributed by atoms with Gasteiger partial charge in [0, 0.05) is 29.8 Å². The van der Waals surface area contributed by atoms with Crippen molar-refractivity contribution in [2.45, 2.75) is 25.3 Å². The molecule has 0 bridgehead atoms. The molecular weight excluding hydrogens is 196 g/mol. The van der Waals surface area contributed by atoms with E-state index in [9.17, 15) is 0 Å². The Kier molecular flexibility index (Phi) is 2.41. The molecule has 0 aliphatic heterocycles. The Labute approximate surface area is 95.9 Å². The van der Waals surface area contributed by atoms with E-state index in [1.165, 1.54) is 30.6 Å². The van der Waals surface area contributed by atoms with Crippen LogP contribution in [0.5, 0.6) is 0 Å². The first-order valence-electron chi connectivity index (χ1n) is 5.92. The Bertz CT molecular complexity index is 455. The summed E-state index contributed by atoms with van der Waals surface area (Å²) in [5.41, 5.74) is 2.45. The molecule has 1 aromatic carbocycles. The van der Waals surface area contributed by atoms with E-state index in [4.69, 9.17) is 0 Å². The van der Waals surface area contributed by atoms with Gasteiger partial charge in [-0.15, -0.1) is 0 Å². The van der Waals surface area contributed by atoms with Crippen molar-refractivity contribution in [3.63, 3.8) is 0 Å². The summed E-state index contributed by atoms with van der Waals surface area (Å²) in [6.07, 6.45) is 8.14. The maximum Gasteiger partial charge on any atom is 0.0469 e. The third-order valence-electron chi connectivity index (χ3n) is 3.22. The number of hydrogen-bond acceptors (Lipinski definition) is 1. The molecule has 82 valence electrons. The van der Waals surface area contributed by atoms with E-state index >= 15 is 0 Å². The zero-order valence-corrected chi connectivity index (χ0v) is 9.26. The van der Waals surface area contributed by atoms with Crippen LogP contribution in [-0.4, -0.2) is 10.6 Å². The number of nitrogens with one attached hydrogen (secondary N) is 1. The first-order chi connectivity index (χ1) is 7.92. The van der Waals surface area contributed by atoms with Crippen LogP contribution in [-0.2, 0) is 0 Å². The molecule has 1 heterocycles. The quantitative estimate of drug-likeness (QED) is 0.824. The minimum atomic E-state index is 0.694. The van der Waals surface area contributed by atoms with Crippen molar-refractivity contribution in [2.24, 2.45) is 0 Å². The third-order valence-corrected chi connectivity index (χ3v) is 3.22. The predicted octanol–water partition coefficient (Wildman–Crippen LogP) is 3.44. The summed E-state index contributed by atoms with van der Waals surface area (Å²) in [7, 11) is 0. The average molecular weight is 212 g/mol. The molecule has 1 saturated carbocycles. The van der Waals surface area contributed by atoms with Gasteiger partial charge in [0.2, 0.25) is 0 Å². The van der Waals surface area contributed by atoms with Crippen molar-refractivity contribution < 1.29 is 0 Å². The second kappa shape index (κ2) is 4.05. The molecule has 1 aliphatic carbocycles. The Morgan fingerprint density at radius 2 is 1.88 bits per heavy atom. The summed E-state index contributed by atoms with van der Waals surface area (Å²) in [6, 6.07) is 13.4. The maximum absolute atomic E-state index is 3.57. The number of aromatic nitrogens is 1. The number of rotatable bonds is 3. The van der Waals surface area contributed by atoms with Gasteiger partial charge in [-0.2, -0.15) is 0 Å². The number of nitrogens with zero attached hydrogens (tertiary/aromatic N) is 1. The predicted molar refractivity (Wildman–Crippen MR) is 67.0 cm³/mol. The van der Waals surface area contributed by atoms with E-state index in [0.717, 1.165) is 0 Å². The molecule has 1 aliphatic rings. The highest BCUT2D eigenvalue weighted by atomic mass is 15.0. The normalized spacial score (nSPS) is 15.8. The highest BCUT2D eigenvalue weighted by Crippen LogP contribution is 2.24. The molecule has 2 heteroatoms. The van der Waals surface area contributed by atoms with Crippen molar-refractivity contribution >= 4 is 5.69 Å². The molecule has 1 N–H and O–H groups in total. The minimum Gasteiger partial charge on any atom is -0.382 e. The molecule has 16 heavy (non-hydrogen) atoms. The average Bonchev–Trinajstić information content (AvgIpc) is 2.77. The van der Waals surface area contributed by atoms with Crippen LogP contribution in [0, 0.1) is 0 Å². The smallest absolute Gasteiger partial charge is 0.0469 e. The second-order valence-electron chi connectivity index (χ2n) is 4.41. The van der Waals surface area contributed by atoms with Gasteiger partial charge < -0.3 is 9.88 Å². The number of benzene rings is 1. The molecular formula is C14H16N2. The van der Waals surface area contributed by atoms with Crippen molar-refractivity contribution in [1.29, 1.82) is 0 Å². The second-order valence-corrected chi connectivity index (χ2v) is 4.41. The number of anilines is 1. The molecule has 2 nitrogen and oxygen atoms in total. The summed E-state index contributed by atoms with van der Waals surface area (Å²) in [6.45, 7) is 0. The largest absolute Gasteiger partial charge is 0.382 e. The van der Waals surface area contributed by atoms with Gasteiger partial charge in [-0.1, -0.05) is 6.07 Å². The van der Waals surface area contributed by atoms with Crippen molar-refractivity contribution in [2.75, 3.05) is 5.32 Å². The van der Waals surface area contributed by atoms with Crippen LogP contribution in [0.1, 0.15) is 19.3 Å². The highest BCUT2D eigenvalue weighted by molar-refractivity contribution is 5.52. The van der Waals surface area contributed by atoms with E-state index < -0.39 is 0 Å².